The minimum Gasteiger partial charge on any atom is -0.497 e. The molecular formula is C17H18BrNO3. The Kier molecular flexibility index (Phi) is 5.83. The maximum Gasteiger partial charge on any atom is 0.261 e. The van der Waals surface area contributed by atoms with Gasteiger partial charge in [0.25, 0.3) is 5.91 Å². The predicted molar refractivity (Wildman–Crippen MR) is 89.1 cm³/mol. The molecule has 1 unspecified atom stereocenters. The Morgan fingerprint density at radius 1 is 1.18 bits per heavy atom. The van der Waals surface area contributed by atoms with E-state index in [1.807, 2.05) is 48.5 Å². The number of halogens is 1. The van der Waals surface area contributed by atoms with E-state index < -0.39 is 6.10 Å². The molecule has 4 nitrogen and oxygen atoms in total. The second kappa shape index (κ2) is 7.84. The molecule has 0 aliphatic rings. The zero-order chi connectivity index (χ0) is 15.9. The summed E-state index contributed by atoms with van der Waals surface area (Å²) in [4.78, 5) is 12.1. The molecule has 0 aliphatic carbocycles. The van der Waals surface area contributed by atoms with Crippen LogP contribution in [-0.2, 0) is 11.3 Å². The highest BCUT2D eigenvalue weighted by molar-refractivity contribution is 9.10. The molecule has 1 amide bonds. The van der Waals surface area contributed by atoms with Crippen LogP contribution in [0.4, 0.5) is 0 Å². The summed E-state index contributed by atoms with van der Waals surface area (Å²) in [6.07, 6.45) is -0.563. The van der Waals surface area contributed by atoms with Crippen LogP contribution >= 0.6 is 15.9 Å². The number of amides is 1. The van der Waals surface area contributed by atoms with Gasteiger partial charge >= 0.3 is 0 Å². The van der Waals surface area contributed by atoms with E-state index >= 15 is 0 Å². The second-order valence-corrected chi connectivity index (χ2v) is 5.70. The van der Waals surface area contributed by atoms with Crippen molar-refractivity contribution >= 4 is 21.8 Å². The Morgan fingerprint density at radius 2 is 1.91 bits per heavy atom. The molecule has 0 saturated heterocycles. The molecule has 116 valence electrons. The first-order valence-corrected chi connectivity index (χ1v) is 7.70. The highest BCUT2D eigenvalue weighted by Crippen LogP contribution is 2.17. The lowest BCUT2D eigenvalue weighted by atomic mass is 10.2. The molecule has 22 heavy (non-hydrogen) atoms. The Labute approximate surface area is 138 Å². The lowest BCUT2D eigenvalue weighted by molar-refractivity contribution is -0.127. The van der Waals surface area contributed by atoms with E-state index in [4.69, 9.17) is 9.47 Å². The van der Waals surface area contributed by atoms with Crippen LogP contribution in [-0.4, -0.2) is 19.1 Å². The number of hydrogen-bond donors (Lipinski definition) is 1. The van der Waals surface area contributed by atoms with Crippen LogP contribution in [0, 0.1) is 0 Å². The molecule has 0 radical (unpaired) electrons. The Balaban J connectivity index is 1.86. The van der Waals surface area contributed by atoms with Gasteiger partial charge in [-0.1, -0.05) is 28.1 Å². The Hall–Kier alpha value is -2.01. The van der Waals surface area contributed by atoms with Crippen molar-refractivity contribution < 1.29 is 14.3 Å². The zero-order valence-electron chi connectivity index (χ0n) is 12.5. The molecule has 2 aromatic carbocycles. The van der Waals surface area contributed by atoms with E-state index in [0.717, 1.165) is 15.8 Å². The molecule has 2 rings (SSSR count). The average Bonchev–Trinajstić information content (AvgIpc) is 2.54. The third-order valence-corrected chi connectivity index (χ3v) is 3.63. The molecule has 0 fully saturated rings. The normalized spacial score (nSPS) is 11.6. The summed E-state index contributed by atoms with van der Waals surface area (Å²) in [5, 5.41) is 2.85. The first kappa shape index (κ1) is 16.4. The smallest absolute Gasteiger partial charge is 0.261 e. The average molecular weight is 364 g/mol. The Bertz CT molecular complexity index is 628. The summed E-state index contributed by atoms with van der Waals surface area (Å²) in [7, 11) is 1.62. The van der Waals surface area contributed by atoms with Crippen molar-refractivity contribution in [2.24, 2.45) is 0 Å². The van der Waals surface area contributed by atoms with Gasteiger partial charge in [0, 0.05) is 11.0 Å². The standard InChI is InChI=1S/C17H18BrNO3/c1-12(22-15-8-6-14(18)7-9-15)17(20)19-11-13-4-3-5-16(10-13)21-2/h3-10,12H,11H2,1-2H3,(H,19,20). The third-order valence-electron chi connectivity index (χ3n) is 3.10. The minimum absolute atomic E-state index is 0.161. The van der Waals surface area contributed by atoms with Crippen LogP contribution in [0.15, 0.2) is 53.0 Å². The van der Waals surface area contributed by atoms with Crippen molar-refractivity contribution in [2.75, 3.05) is 7.11 Å². The van der Waals surface area contributed by atoms with Crippen LogP contribution in [0.3, 0.4) is 0 Å². The molecule has 0 saturated carbocycles. The van der Waals surface area contributed by atoms with E-state index in [-0.39, 0.29) is 5.91 Å². The number of ether oxygens (including phenoxy) is 2. The van der Waals surface area contributed by atoms with Crippen molar-refractivity contribution in [3.8, 4) is 11.5 Å². The molecule has 1 N–H and O–H groups in total. The van der Waals surface area contributed by atoms with E-state index in [1.54, 1.807) is 14.0 Å². The summed E-state index contributed by atoms with van der Waals surface area (Å²) in [5.74, 6) is 1.27. The molecule has 1 atom stereocenters. The van der Waals surface area contributed by atoms with E-state index in [9.17, 15) is 4.79 Å². The fraction of sp³-hybridized carbons (Fsp3) is 0.235. The zero-order valence-corrected chi connectivity index (χ0v) is 14.1. The fourth-order valence-corrected chi connectivity index (χ4v) is 2.15. The highest BCUT2D eigenvalue weighted by atomic mass is 79.9. The minimum atomic E-state index is -0.563. The maximum absolute atomic E-state index is 12.1. The van der Waals surface area contributed by atoms with Crippen molar-refractivity contribution in [3.63, 3.8) is 0 Å². The van der Waals surface area contributed by atoms with Crippen molar-refractivity contribution in [3.05, 3.63) is 58.6 Å². The first-order chi connectivity index (χ1) is 10.6. The largest absolute Gasteiger partial charge is 0.497 e. The number of carbonyl (C=O) groups excluding carboxylic acids is 1. The third kappa shape index (κ3) is 4.77. The molecule has 0 aliphatic heterocycles. The van der Waals surface area contributed by atoms with Crippen LogP contribution in [0.1, 0.15) is 12.5 Å². The van der Waals surface area contributed by atoms with Gasteiger partial charge in [-0.25, -0.2) is 0 Å². The molecular weight excluding hydrogens is 346 g/mol. The van der Waals surface area contributed by atoms with E-state index in [2.05, 4.69) is 21.2 Å². The number of hydrogen-bond acceptors (Lipinski definition) is 3. The monoisotopic (exact) mass is 363 g/mol. The van der Waals surface area contributed by atoms with Gasteiger partial charge in [-0.15, -0.1) is 0 Å². The van der Waals surface area contributed by atoms with Gasteiger partial charge in [0.15, 0.2) is 6.10 Å². The van der Waals surface area contributed by atoms with Crippen molar-refractivity contribution in [1.29, 1.82) is 0 Å². The lowest BCUT2D eigenvalue weighted by Crippen LogP contribution is -2.35. The molecule has 0 spiro atoms. The van der Waals surface area contributed by atoms with Crippen molar-refractivity contribution in [2.45, 2.75) is 19.6 Å². The first-order valence-electron chi connectivity index (χ1n) is 6.91. The number of carbonyl (C=O) groups is 1. The Morgan fingerprint density at radius 3 is 2.59 bits per heavy atom. The van der Waals surface area contributed by atoms with Crippen LogP contribution in [0.5, 0.6) is 11.5 Å². The fourth-order valence-electron chi connectivity index (χ4n) is 1.89. The van der Waals surface area contributed by atoms with Crippen LogP contribution in [0.25, 0.3) is 0 Å². The van der Waals surface area contributed by atoms with Gasteiger partial charge < -0.3 is 14.8 Å². The second-order valence-electron chi connectivity index (χ2n) is 4.78. The van der Waals surface area contributed by atoms with Gasteiger partial charge in [-0.3, -0.25) is 4.79 Å². The summed E-state index contributed by atoms with van der Waals surface area (Å²) >= 11 is 3.36. The van der Waals surface area contributed by atoms with E-state index in [1.165, 1.54) is 0 Å². The molecule has 2 aromatic rings. The summed E-state index contributed by atoms with van der Waals surface area (Å²) in [6.45, 7) is 2.16. The van der Waals surface area contributed by atoms with Gasteiger partial charge in [0.2, 0.25) is 0 Å². The number of methoxy groups -OCH3 is 1. The van der Waals surface area contributed by atoms with E-state index in [0.29, 0.717) is 12.3 Å². The molecule has 0 heterocycles. The molecule has 0 aromatic heterocycles. The van der Waals surface area contributed by atoms with Gasteiger partial charge in [-0.05, 0) is 48.9 Å². The van der Waals surface area contributed by atoms with Crippen LogP contribution < -0.4 is 14.8 Å². The SMILES string of the molecule is COc1cccc(CNC(=O)C(C)Oc2ccc(Br)cc2)c1. The molecule has 0 bridgehead atoms. The number of nitrogens with one attached hydrogen (secondary N) is 1. The van der Waals surface area contributed by atoms with Crippen LogP contribution in [0.2, 0.25) is 0 Å². The predicted octanol–water partition coefficient (Wildman–Crippen LogP) is 3.54. The quantitative estimate of drug-likeness (QED) is 0.853. The van der Waals surface area contributed by atoms with Crippen molar-refractivity contribution in [1.82, 2.24) is 5.32 Å². The summed E-state index contributed by atoms with van der Waals surface area (Å²) < 4.78 is 11.7. The van der Waals surface area contributed by atoms with Gasteiger partial charge in [0.05, 0.1) is 7.11 Å². The summed E-state index contributed by atoms with van der Waals surface area (Å²) in [6, 6.07) is 15.0. The highest BCUT2D eigenvalue weighted by Gasteiger charge is 2.14. The number of benzene rings is 2. The topological polar surface area (TPSA) is 47.6 Å². The van der Waals surface area contributed by atoms with Gasteiger partial charge in [-0.2, -0.15) is 0 Å². The summed E-state index contributed by atoms with van der Waals surface area (Å²) in [5.41, 5.74) is 0.976. The van der Waals surface area contributed by atoms with Gasteiger partial charge in [0.1, 0.15) is 11.5 Å². The molecule has 5 heteroatoms. The maximum atomic E-state index is 12.1. The number of rotatable bonds is 6. The lowest BCUT2D eigenvalue weighted by Gasteiger charge is -2.15.